The first-order valence-electron chi connectivity index (χ1n) is 11.6. The van der Waals surface area contributed by atoms with E-state index in [2.05, 4.69) is 37.5 Å². The first-order valence-corrected chi connectivity index (χ1v) is 11.6. The summed E-state index contributed by atoms with van der Waals surface area (Å²) in [7, 11) is 0. The van der Waals surface area contributed by atoms with Crippen LogP contribution in [0, 0.1) is 11.8 Å². The zero-order valence-electron chi connectivity index (χ0n) is 18.8. The van der Waals surface area contributed by atoms with E-state index in [0.717, 1.165) is 56.2 Å². The van der Waals surface area contributed by atoms with Gasteiger partial charge in [-0.2, -0.15) is 0 Å². The van der Waals surface area contributed by atoms with E-state index in [9.17, 15) is 4.79 Å². The topological polar surface area (TPSA) is 66.0 Å². The van der Waals surface area contributed by atoms with E-state index >= 15 is 0 Å². The van der Waals surface area contributed by atoms with Gasteiger partial charge in [0.05, 0.1) is 13.2 Å². The summed E-state index contributed by atoms with van der Waals surface area (Å²) >= 11 is 0. The summed E-state index contributed by atoms with van der Waals surface area (Å²) in [6, 6.07) is 8.36. The van der Waals surface area contributed by atoms with Crippen molar-refractivity contribution in [1.82, 2.24) is 15.5 Å². The Morgan fingerprint density at radius 2 is 2.00 bits per heavy atom. The predicted molar refractivity (Wildman–Crippen MR) is 122 cm³/mol. The number of hydrogen-bond acceptors (Lipinski definition) is 3. The Bertz CT molecular complexity index is 713. The second-order valence-electron chi connectivity index (χ2n) is 8.90. The summed E-state index contributed by atoms with van der Waals surface area (Å²) in [4.78, 5) is 19.5. The summed E-state index contributed by atoms with van der Waals surface area (Å²) in [5.74, 6) is 2.80. The molecule has 0 aromatic heterocycles. The van der Waals surface area contributed by atoms with E-state index in [1.807, 2.05) is 23.1 Å². The van der Waals surface area contributed by atoms with Crippen molar-refractivity contribution in [3.05, 3.63) is 29.8 Å². The lowest BCUT2D eigenvalue weighted by Crippen LogP contribution is -2.45. The lowest BCUT2D eigenvalue weighted by molar-refractivity contribution is -0.134. The van der Waals surface area contributed by atoms with Crippen molar-refractivity contribution in [3.8, 4) is 5.75 Å². The van der Waals surface area contributed by atoms with Crippen molar-refractivity contribution in [2.75, 3.05) is 26.2 Å². The fourth-order valence-electron chi connectivity index (χ4n) is 4.22. The van der Waals surface area contributed by atoms with Crippen LogP contribution in [0.4, 0.5) is 0 Å². The van der Waals surface area contributed by atoms with Gasteiger partial charge in [0.25, 0.3) is 0 Å². The van der Waals surface area contributed by atoms with Crippen LogP contribution < -0.4 is 15.4 Å². The number of hydrogen-bond donors (Lipinski definition) is 2. The normalized spacial score (nSPS) is 20.1. The van der Waals surface area contributed by atoms with Gasteiger partial charge in [0.2, 0.25) is 5.91 Å². The summed E-state index contributed by atoms with van der Waals surface area (Å²) in [6.45, 7) is 10.0. The van der Waals surface area contributed by atoms with Gasteiger partial charge in [-0.25, -0.2) is 4.99 Å². The first-order chi connectivity index (χ1) is 14.6. The molecule has 1 saturated carbocycles. The molecule has 6 nitrogen and oxygen atoms in total. The molecule has 1 unspecified atom stereocenters. The minimum Gasteiger partial charge on any atom is -0.493 e. The standard InChI is InChI=1S/C24H38N4O2/c1-4-25-24(26-15-20-11-7-8-12-22(20)30-17-18(2)3)27-21-13-14-28(16-21)23(29)19-9-5-6-10-19/h7-8,11-12,18-19,21H,4-6,9-10,13-17H2,1-3H3,(H2,25,26,27). The molecule has 1 saturated heterocycles. The molecule has 166 valence electrons. The van der Waals surface area contributed by atoms with Gasteiger partial charge in [0, 0.05) is 37.2 Å². The van der Waals surface area contributed by atoms with Crippen LogP contribution in [0.2, 0.25) is 0 Å². The van der Waals surface area contributed by atoms with Crippen LogP contribution in [0.5, 0.6) is 5.75 Å². The quantitative estimate of drug-likeness (QED) is 0.504. The van der Waals surface area contributed by atoms with E-state index < -0.39 is 0 Å². The van der Waals surface area contributed by atoms with Crippen LogP contribution in [-0.2, 0) is 11.3 Å². The third-order valence-corrected chi connectivity index (χ3v) is 5.84. The van der Waals surface area contributed by atoms with Crippen LogP contribution in [-0.4, -0.2) is 49.0 Å². The SMILES string of the molecule is CCNC(=NCc1ccccc1OCC(C)C)NC1CCN(C(=O)C2CCCC2)C1. The molecule has 0 radical (unpaired) electrons. The van der Waals surface area contributed by atoms with Crippen LogP contribution in [0.25, 0.3) is 0 Å². The maximum atomic E-state index is 12.7. The molecule has 1 atom stereocenters. The molecule has 0 spiro atoms. The fourth-order valence-corrected chi connectivity index (χ4v) is 4.22. The second-order valence-corrected chi connectivity index (χ2v) is 8.90. The first kappa shape index (κ1) is 22.4. The molecule has 1 aromatic rings. The predicted octanol–water partition coefficient (Wildman–Crippen LogP) is 3.57. The molecule has 6 heteroatoms. The summed E-state index contributed by atoms with van der Waals surface area (Å²) in [5, 5.41) is 6.88. The molecule has 3 rings (SSSR count). The highest BCUT2D eigenvalue weighted by molar-refractivity contribution is 5.81. The largest absolute Gasteiger partial charge is 0.493 e. The molecule has 0 bridgehead atoms. The average molecular weight is 415 g/mol. The molecular weight excluding hydrogens is 376 g/mol. The van der Waals surface area contributed by atoms with Crippen molar-refractivity contribution in [1.29, 1.82) is 0 Å². The van der Waals surface area contributed by atoms with Gasteiger partial charge >= 0.3 is 0 Å². The second kappa shape index (κ2) is 11.2. The Kier molecular flexibility index (Phi) is 8.40. The Morgan fingerprint density at radius 3 is 2.73 bits per heavy atom. The van der Waals surface area contributed by atoms with E-state index in [4.69, 9.17) is 9.73 Å². The summed E-state index contributed by atoms with van der Waals surface area (Å²) in [6.07, 6.45) is 5.50. The van der Waals surface area contributed by atoms with E-state index in [0.29, 0.717) is 25.0 Å². The number of carbonyl (C=O) groups is 1. The maximum Gasteiger partial charge on any atom is 0.225 e. The van der Waals surface area contributed by atoms with Crippen molar-refractivity contribution >= 4 is 11.9 Å². The number of rotatable bonds is 8. The van der Waals surface area contributed by atoms with Crippen LogP contribution in [0.15, 0.2) is 29.3 Å². The minimum atomic E-state index is 0.251. The van der Waals surface area contributed by atoms with Gasteiger partial charge in [-0.05, 0) is 38.2 Å². The minimum absolute atomic E-state index is 0.251. The van der Waals surface area contributed by atoms with Crippen LogP contribution >= 0.6 is 0 Å². The monoisotopic (exact) mass is 414 g/mol. The smallest absolute Gasteiger partial charge is 0.225 e. The highest BCUT2D eigenvalue weighted by atomic mass is 16.5. The summed E-state index contributed by atoms with van der Waals surface area (Å²) < 4.78 is 5.96. The van der Waals surface area contributed by atoms with E-state index in [-0.39, 0.29) is 12.0 Å². The number of aliphatic imine (C=N–C) groups is 1. The summed E-state index contributed by atoms with van der Waals surface area (Å²) in [5.41, 5.74) is 1.08. The van der Waals surface area contributed by atoms with Crippen molar-refractivity contribution in [2.24, 2.45) is 16.8 Å². The molecule has 1 amide bonds. The molecule has 1 heterocycles. The number of guanidine groups is 1. The van der Waals surface area contributed by atoms with E-state index in [1.165, 1.54) is 12.8 Å². The van der Waals surface area contributed by atoms with Gasteiger partial charge < -0.3 is 20.3 Å². The highest BCUT2D eigenvalue weighted by Gasteiger charge is 2.32. The Labute approximate surface area is 181 Å². The maximum absolute atomic E-state index is 12.7. The average Bonchev–Trinajstić information content (AvgIpc) is 3.43. The Morgan fingerprint density at radius 1 is 1.23 bits per heavy atom. The van der Waals surface area contributed by atoms with Gasteiger partial charge in [-0.15, -0.1) is 0 Å². The molecule has 2 fully saturated rings. The highest BCUT2D eigenvalue weighted by Crippen LogP contribution is 2.28. The van der Waals surface area contributed by atoms with Crippen molar-refractivity contribution in [3.63, 3.8) is 0 Å². The molecular formula is C24H38N4O2. The van der Waals surface area contributed by atoms with Gasteiger partial charge in [-0.1, -0.05) is 44.9 Å². The number of carbonyl (C=O) groups excluding carboxylic acids is 1. The van der Waals surface area contributed by atoms with E-state index in [1.54, 1.807) is 0 Å². The number of amides is 1. The molecule has 30 heavy (non-hydrogen) atoms. The van der Waals surface area contributed by atoms with Crippen molar-refractivity contribution in [2.45, 2.75) is 65.5 Å². The zero-order chi connectivity index (χ0) is 21.3. The number of likely N-dealkylation sites (tertiary alicyclic amines) is 1. The zero-order valence-corrected chi connectivity index (χ0v) is 18.8. The third-order valence-electron chi connectivity index (χ3n) is 5.84. The number of ether oxygens (including phenoxy) is 1. The van der Waals surface area contributed by atoms with Crippen LogP contribution in [0.1, 0.15) is 58.4 Å². The Hall–Kier alpha value is -2.24. The number of nitrogens with zero attached hydrogens (tertiary/aromatic N) is 2. The fraction of sp³-hybridized carbons (Fsp3) is 0.667. The molecule has 1 aliphatic carbocycles. The van der Waals surface area contributed by atoms with Gasteiger partial charge in [0.1, 0.15) is 5.75 Å². The van der Waals surface area contributed by atoms with Crippen LogP contribution in [0.3, 0.4) is 0 Å². The number of benzene rings is 1. The Balaban J connectivity index is 1.57. The number of para-hydroxylation sites is 1. The molecule has 2 aliphatic rings. The molecule has 2 N–H and O–H groups in total. The van der Waals surface area contributed by atoms with Crippen molar-refractivity contribution < 1.29 is 9.53 Å². The third kappa shape index (κ3) is 6.38. The lowest BCUT2D eigenvalue weighted by Gasteiger charge is -2.21. The van der Waals surface area contributed by atoms with Gasteiger partial charge in [0.15, 0.2) is 5.96 Å². The lowest BCUT2D eigenvalue weighted by atomic mass is 10.1. The molecule has 1 aromatic carbocycles. The number of nitrogens with one attached hydrogen (secondary N) is 2. The van der Waals surface area contributed by atoms with Gasteiger partial charge in [-0.3, -0.25) is 4.79 Å². The molecule has 1 aliphatic heterocycles.